The molecule has 2 aliphatic carbocycles. The molecular weight excluding hydrogens is 264 g/mol. The molecule has 3 rings (SSSR count). The van der Waals surface area contributed by atoms with Crippen LogP contribution in [0.1, 0.15) is 44.9 Å². The minimum absolute atomic E-state index is 0.186. The third kappa shape index (κ3) is 4.18. The van der Waals surface area contributed by atoms with Crippen LogP contribution in [0.4, 0.5) is 0 Å². The number of amides is 1. The first-order valence-corrected chi connectivity index (χ1v) is 8.74. The predicted octanol–water partition coefficient (Wildman–Crippen LogP) is 0.543. The molecule has 1 unspecified atom stereocenters. The molecule has 120 valence electrons. The van der Waals surface area contributed by atoms with Crippen molar-refractivity contribution in [2.45, 2.75) is 63.1 Å². The Morgan fingerprint density at radius 2 is 1.76 bits per heavy atom. The minimum Gasteiger partial charge on any atom is -0.353 e. The fourth-order valence-corrected chi connectivity index (χ4v) is 3.83. The average molecular weight is 294 g/mol. The molecule has 1 atom stereocenters. The summed E-state index contributed by atoms with van der Waals surface area (Å²) >= 11 is 0. The Kier molecular flexibility index (Phi) is 5.14. The largest absolute Gasteiger partial charge is 0.353 e. The van der Waals surface area contributed by atoms with Crippen LogP contribution < -0.4 is 11.1 Å². The van der Waals surface area contributed by atoms with Crippen LogP contribution in [0.3, 0.4) is 0 Å². The van der Waals surface area contributed by atoms with Gasteiger partial charge in [0.05, 0.1) is 0 Å². The number of piperazine rings is 1. The van der Waals surface area contributed by atoms with E-state index >= 15 is 0 Å². The van der Waals surface area contributed by atoms with Gasteiger partial charge in [0, 0.05) is 57.3 Å². The van der Waals surface area contributed by atoms with Gasteiger partial charge in [0.2, 0.25) is 5.91 Å². The van der Waals surface area contributed by atoms with Gasteiger partial charge in [-0.2, -0.15) is 0 Å². The fourth-order valence-electron chi connectivity index (χ4n) is 3.83. The molecule has 3 fully saturated rings. The van der Waals surface area contributed by atoms with Crippen molar-refractivity contribution in [1.29, 1.82) is 0 Å². The maximum atomic E-state index is 12.0. The molecule has 0 aromatic rings. The Morgan fingerprint density at radius 1 is 1.10 bits per heavy atom. The maximum absolute atomic E-state index is 12.0. The summed E-state index contributed by atoms with van der Waals surface area (Å²) in [5, 5.41) is 3.08. The van der Waals surface area contributed by atoms with Gasteiger partial charge >= 0.3 is 0 Å². The molecular formula is C16H30N4O. The lowest BCUT2D eigenvalue weighted by atomic mass is 10.1. The second kappa shape index (κ2) is 7.07. The van der Waals surface area contributed by atoms with Crippen LogP contribution in [-0.4, -0.2) is 66.6 Å². The Hall–Kier alpha value is -0.650. The van der Waals surface area contributed by atoms with E-state index in [2.05, 4.69) is 15.1 Å². The lowest BCUT2D eigenvalue weighted by Gasteiger charge is -2.41. The fraction of sp³-hybridized carbons (Fsp3) is 0.938. The number of nitrogens with one attached hydrogen (secondary N) is 1. The lowest BCUT2D eigenvalue weighted by molar-refractivity contribution is -0.122. The van der Waals surface area contributed by atoms with E-state index in [0.717, 1.165) is 45.1 Å². The molecule has 1 saturated heterocycles. The number of nitrogens with two attached hydrogens (primary N) is 1. The molecule has 0 radical (unpaired) electrons. The van der Waals surface area contributed by atoms with Crippen LogP contribution in [0, 0.1) is 0 Å². The summed E-state index contributed by atoms with van der Waals surface area (Å²) in [7, 11) is 0. The highest BCUT2D eigenvalue weighted by atomic mass is 16.1. The molecule has 0 spiro atoms. The molecule has 0 bridgehead atoms. The van der Waals surface area contributed by atoms with Crippen molar-refractivity contribution < 1.29 is 4.79 Å². The highest BCUT2D eigenvalue weighted by Gasteiger charge is 2.30. The van der Waals surface area contributed by atoms with Gasteiger partial charge in [0.25, 0.3) is 0 Å². The van der Waals surface area contributed by atoms with E-state index in [0.29, 0.717) is 19.0 Å². The van der Waals surface area contributed by atoms with Gasteiger partial charge in [-0.25, -0.2) is 0 Å². The van der Waals surface area contributed by atoms with Crippen molar-refractivity contribution in [2.75, 3.05) is 32.7 Å². The lowest BCUT2D eigenvalue weighted by Crippen LogP contribution is -2.55. The molecule has 1 aliphatic heterocycles. The Labute approximate surface area is 128 Å². The van der Waals surface area contributed by atoms with E-state index in [-0.39, 0.29) is 11.9 Å². The third-order valence-corrected chi connectivity index (χ3v) is 5.34. The van der Waals surface area contributed by atoms with Gasteiger partial charge in [-0.3, -0.25) is 14.6 Å². The van der Waals surface area contributed by atoms with E-state index in [1.165, 1.54) is 25.7 Å². The van der Waals surface area contributed by atoms with Gasteiger partial charge in [0.15, 0.2) is 0 Å². The summed E-state index contributed by atoms with van der Waals surface area (Å²) in [4.78, 5) is 17.1. The monoisotopic (exact) mass is 294 g/mol. The first kappa shape index (κ1) is 15.3. The van der Waals surface area contributed by atoms with E-state index in [9.17, 15) is 4.79 Å². The highest BCUT2D eigenvalue weighted by Crippen LogP contribution is 2.25. The number of hydrogen-bond donors (Lipinski definition) is 2. The van der Waals surface area contributed by atoms with Crippen molar-refractivity contribution in [3.05, 3.63) is 0 Å². The first-order chi connectivity index (χ1) is 10.3. The number of rotatable bonds is 6. The van der Waals surface area contributed by atoms with Crippen LogP contribution in [0.5, 0.6) is 0 Å². The van der Waals surface area contributed by atoms with E-state index < -0.39 is 0 Å². The van der Waals surface area contributed by atoms with Crippen molar-refractivity contribution in [3.63, 3.8) is 0 Å². The van der Waals surface area contributed by atoms with Crippen LogP contribution >= 0.6 is 0 Å². The topological polar surface area (TPSA) is 61.6 Å². The number of nitrogens with zero attached hydrogens (tertiary/aromatic N) is 2. The molecule has 3 aliphatic rings. The van der Waals surface area contributed by atoms with E-state index in [4.69, 9.17) is 5.73 Å². The van der Waals surface area contributed by atoms with Crippen molar-refractivity contribution in [3.8, 4) is 0 Å². The van der Waals surface area contributed by atoms with Gasteiger partial charge in [-0.05, 0) is 25.7 Å². The van der Waals surface area contributed by atoms with Crippen LogP contribution in [0.25, 0.3) is 0 Å². The molecule has 0 aromatic carbocycles. The first-order valence-electron chi connectivity index (χ1n) is 8.74. The van der Waals surface area contributed by atoms with Crippen molar-refractivity contribution >= 4 is 5.91 Å². The standard InChI is InChI=1S/C16H30N4O/c17-12-15(11-16(21)18-13-5-6-13)20-9-7-19(8-10-20)14-3-1-2-4-14/h13-15H,1-12,17H2,(H,18,21). The van der Waals surface area contributed by atoms with E-state index in [1.807, 2.05) is 0 Å². The van der Waals surface area contributed by atoms with Crippen LogP contribution in [-0.2, 0) is 4.79 Å². The Balaban J connectivity index is 1.43. The van der Waals surface area contributed by atoms with Gasteiger partial charge in [0.1, 0.15) is 0 Å². The van der Waals surface area contributed by atoms with Gasteiger partial charge in [-0.1, -0.05) is 12.8 Å². The summed E-state index contributed by atoms with van der Waals surface area (Å²) in [6, 6.07) is 1.49. The molecule has 2 saturated carbocycles. The molecule has 5 nitrogen and oxygen atoms in total. The molecule has 3 N–H and O–H groups in total. The van der Waals surface area contributed by atoms with E-state index in [1.54, 1.807) is 0 Å². The second-order valence-electron chi connectivity index (χ2n) is 6.95. The third-order valence-electron chi connectivity index (χ3n) is 5.34. The summed E-state index contributed by atoms with van der Waals surface area (Å²) in [5.41, 5.74) is 5.92. The normalized spacial score (nSPS) is 26.9. The van der Waals surface area contributed by atoms with Crippen LogP contribution in [0.2, 0.25) is 0 Å². The Morgan fingerprint density at radius 3 is 2.33 bits per heavy atom. The highest BCUT2D eigenvalue weighted by molar-refractivity contribution is 5.77. The summed E-state index contributed by atoms with van der Waals surface area (Å²) in [6.07, 6.45) is 8.43. The summed E-state index contributed by atoms with van der Waals surface area (Å²) < 4.78 is 0. The van der Waals surface area contributed by atoms with Gasteiger partial charge in [-0.15, -0.1) is 0 Å². The maximum Gasteiger partial charge on any atom is 0.221 e. The molecule has 1 amide bonds. The SMILES string of the molecule is NCC(CC(=O)NC1CC1)N1CCN(C2CCCC2)CC1. The van der Waals surface area contributed by atoms with Gasteiger partial charge < -0.3 is 11.1 Å². The smallest absolute Gasteiger partial charge is 0.221 e. The van der Waals surface area contributed by atoms with Crippen molar-refractivity contribution in [1.82, 2.24) is 15.1 Å². The predicted molar refractivity (Wildman–Crippen MR) is 84.0 cm³/mol. The Bertz CT molecular complexity index is 344. The summed E-state index contributed by atoms with van der Waals surface area (Å²) in [6.45, 7) is 5.00. The average Bonchev–Trinajstić information content (AvgIpc) is 3.15. The zero-order chi connectivity index (χ0) is 14.7. The molecule has 1 heterocycles. The summed E-state index contributed by atoms with van der Waals surface area (Å²) in [5.74, 6) is 0.186. The second-order valence-corrected chi connectivity index (χ2v) is 6.95. The zero-order valence-electron chi connectivity index (χ0n) is 13.1. The molecule has 5 heteroatoms. The zero-order valence-corrected chi connectivity index (χ0v) is 13.1. The van der Waals surface area contributed by atoms with Crippen molar-refractivity contribution in [2.24, 2.45) is 5.73 Å². The minimum atomic E-state index is 0.186. The number of hydrogen-bond acceptors (Lipinski definition) is 4. The molecule has 0 aromatic heterocycles. The number of carbonyl (C=O) groups excluding carboxylic acids is 1. The van der Waals surface area contributed by atoms with Crippen LogP contribution in [0.15, 0.2) is 0 Å². The quantitative estimate of drug-likeness (QED) is 0.751. The number of carbonyl (C=O) groups is 1. The molecule has 21 heavy (non-hydrogen) atoms.